The summed E-state index contributed by atoms with van der Waals surface area (Å²) in [4.78, 5) is 4.27. The molecule has 0 amide bonds. The molecule has 0 fully saturated rings. The molecule has 0 aromatic carbocycles. The van der Waals surface area contributed by atoms with E-state index < -0.39 is 0 Å². The van der Waals surface area contributed by atoms with Crippen LogP contribution in [0.15, 0.2) is 4.99 Å². The molecule has 1 aliphatic rings. The van der Waals surface area contributed by atoms with E-state index in [0.717, 1.165) is 12.3 Å². The maximum absolute atomic E-state index is 7.10. The summed E-state index contributed by atoms with van der Waals surface area (Å²) >= 11 is 0. The van der Waals surface area contributed by atoms with Gasteiger partial charge in [-0.15, -0.1) is 0 Å². The van der Waals surface area contributed by atoms with Crippen molar-refractivity contribution in [3.63, 3.8) is 0 Å². The zero-order valence-electron chi connectivity index (χ0n) is 6.65. The van der Waals surface area contributed by atoms with Crippen LogP contribution in [0.5, 0.6) is 0 Å². The molecule has 0 bridgehead atoms. The van der Waals surface area contributed by atoms with Crippen LogP contribution in [0, 0.1) is 10.8 Å². The third-order valence-corrected chi connectivity index (χ3v) is 2.07. The van der Waals surface area contributed by atoms with Crippen molar-refractivity contribution < 1.29 is 0 Å². The van der Waals surface area contributed by atoms with E-state index in [9.17, 15) is 0 Å². The van der Waals surface area contributed by atoms with Crippen molar-refractivity contribution in [1.82, 2.24) is 0 Å². The predicted molar refractivity (Wildman–Crippen MR) is 44.1 cm³/mol. The van der Waals surface area contributed by atoms with Crippen LogP contribution in [0.25, 0.3) is 0 Å². The molecule has 2 nitrogen and oxygen atoms in total. The minimum Gasteiger partial charge on any atom is -0.307 e. The zero-order valence-corrected chi connectivity index (χ0v) is 6.65. The van der Waals surface area contributed by atoms with Crippen molar-refractivity contribution in [3.8, 4) is 0 Å². The molecule has 2 heteroatoms. The van der Waals surface area contributed by atoms with Gasteiger partial charge in [-0.2, -0.15) is 0 Å². The van der Waals surface area contributed by atoms with Gasteiger partial charge in [-0.1, -0.05) is 13.8 Å². The molecule has 1 N–H and O–H groups in total. The topological polar surface area (TPSA) is 36.2 Å². The number of nitrogens with one attached hydrogen (secondary N) is 1. The van der Waals surface area contributed by atoms with Crippen molar-refractivity contribution in [1.29, 1.82) is 5.41 Å². The lowest BCUT2D eigenvalue weighted by molar-refractivity contribution is 0.445. The summed E-state index contributed by atoms with van der Waals surface area (Å²) < 4.78 is 0. The molecule has 0 aromatic rings. The summed E-state index contributed by atoms with van der Waals surface area (Å²) in [6.07, 6.45) is 3.73. The fourth-order valence-corrected chi connectivity index (χ4v) is 1.30. The first-order valence-corrected chi connectivity index (χ1v) is 3.72. The van der Waals surface area contributed by atoms with Gasteiger partial charge in [0.25, 0.3) is 0 Å². The van der Waals surface area contributed by atoms with Crippen molar-refractivity contribution in [3.05, 3.63) is 0 Å². The van der Waals surface area contributed by atoms with E-state index in [0.29, 0.717) is 0 Å². The molecule has 0 saturated carbocycles. The molecular formula is C8H14N2. The third kappa shape index (κ3) is 1.25. The summed E-state index contributed by atoms with van der Waals surface area (Å²) in [6, 6.07) is 0. The van der Waals surface area contributed by atoms with E-state index in [2.05, 4.69) is 18.8 Å². The Hall–Kier alpha value is -0.660. The van der Waals surface area contributed by atoms with Crippen LogP contribution >= 0.6 is 0 Å². The Labute approximate surface area is 61.9 Å². The molecule has 0 unspecified atom stereocenters. The van der Waals surface area contributed by atoms with Crippen LogP contribution in [0.4, 0.5) is 0 Å². The van der Waals surface area contributed by atoms with E-state index in [1.807, 2.05) is 0 Å². The van der Waals surface area contributed by atoms with E-state index in [4.69, 9.17) is 5.41 Å². The molecule has 0 atom stereocenters. The minimum atomic E-state index is 0.153. The Kier molecular flexibility index (Phi) is 1.88. The van der Waals surface area contributed by atoms with Gasteiger partial charge in [0.2, 0.25) is 0 Å². The van der Waals surface area contributed by atoms with Gasteiger partial charge in [0, 0.05) is 18.2 Å². The van der Waals surface area contributed by atoms with Crippen LogP contribution in [0.3, 0.4) is 0 Å². The summed E-state index contributed by atoms with van der Waals surface area (Å²) in [7, 11) is 0. The second-order valence-electron chi connectivity index (χ2n) is 3.40. The van der Waals surface area contributed by atoms with Gasteiger partial charge < -0.3 is 5.41 Å². The van der Waals surface area contributed by atoms with Gasteiger partial charge in [-0.25, -0.2) is 0 Å². The molecule has 10 heavy (non-hydrogen) atoms. The summed E-state index contributed by atoms with van der Waals surface area (Å²) in [6.45, 7) is 5.21. The van der Waals surface area contributed by atoms with Gasteiger partial charge in [0.05, 0.1) is 5.71 Å². The van der Waals surface area contributed by atoms with E-state index in [1.165, 1.54) is 19.1 Å². The second kappa shape index (κ2) is 2.52. The van der Waals surface area contributed by atoms with Crippen molar-refractivity contribution >= 4 is 11.9 Å². The molecule has 0 spiro atoms. The summed E-state index contributed by atoms with van der Waals surface area (Å²) in [5, 5.41) is 7.10. The first-order chi connectivity index (χ1) is 4.67. The third-order valence-electron chi connectivity index (χ3n) is 2.07. The average molecular weight is 138 g/mol. The molecular weight excluding hydrogens is 124 g/mol. The fourth-order valence-electron chi connectivity index (χ4n) is 1.30. The fraction of sp³-hybridized carbons (Fsp3) is 0.750. The number of rotatable bonds is 1. The smallest absolute Gasteiger partial charge is 0.0579 e. The standard InChI is InChI=1S/C8H14N2/c1-8(2)4-3-5-10-7(8)6-9/h6,9H,3-5H2,1-2H3. The predicted octanol–water partition coefficient (Wildman–Crippen LogP) is 1.90. The first-order valence-electron chi connectivity index (χ1n) is 3.72. The lowest BCUT2D eigenvalue weighted by Crippen LogP contribution is -2.29. The van der Waals surface area contributed by atoms with Gasteiger partial charge in [0.1, 0.15) is 0 Å². The Bertz CT molecular complexity index is 168. The lowest BCUT2D eigenvalue weighted by atomic mass is 9.81. The highest BCUT2D eigenvalue weighted by molar-refractivity contribution is 6.31. The minimum absolute atomic E-state index is 0.153. The molecule has 0 saturated heterocycles. The molecule has 0 aromatic heterocycles. The monoisotopic (exact) mass is 138 g/mol. The van der Waals surface area contributed by atoms with Gasteiger partial charge in [-0.3, -0.25) is 4.99 Å². The van der Waals surface area contributed by atoms with Crippen LogP contribution in [-0.2, 0) is 0 Å². The lowest BCUT2D eigenvalue weighted by Gasteiger charge is -2.27. The van der Waals surface area contributed by atoms with Gasteiger partial charge in [-0.05, 0) is 12.8 Å². The number of hydrogen-bond acceptors (Lipinski definition) is 2. The number of nitrogens with zero attached hydrogens (tertiary/aromatic N) is 1. The van der Waals surface area contributed by atoms with Gasteiger partial charge in [0.15, 0.2) is 0 Å². The highest BCUT2D eigenvalue weighted by Crippen LogP contribution is 2.26. The summed E-state index contributed by atoms with van der Waals surface area (Å²) in [5.74, 6) is 0. The maximum atomic E-state index is 7.10. The average Bonchev–Trinajstić information content (AvgIpc) is 1.87. The number of hydrogen-bond donors (Lipinski definition) is 1. The molecule has 1 rings (SSSR count). The Balaban J connectivity index is 2.82. The second-order valence-corrected chi connectivity index (χ2v) is 3.40. The van der Waals surface area contributed by atoms with E-state index in [1.54, 1.807) is 0 Å². The van der Waals surface area contributed by atoms with Crippen LogP contribution in [-0.4, -0.2) is 18.5 Å². The van der Waals surface area contributed by atoms with Crippen LogP contribution in [0.1, 0.15) is 26.7 Å². The van der Waals surface area contributed by atoms with E-state index >= 15 is 0 Å². The van der Waals surface area contributed by atoms with Crippen molar-refractivity contribution in [2.75, 3.05) is 6.54 Å². The maximum Gasteiger partial charge on any atom is 0.0579 e. The molecule has 56 valence electrons. The first kappa shape index (κ1) is 7.45. The highest BCUT2D eigenvalue weighted by Gasteiger charge is 2.25. The van der Waals surface area contributed by atoms with E-state index in [-0.39, 0.29) is 5.41 Å². The van der Waals surface area contributed by atoms with Crippen molar-refractivity contribution in [2.45, 2.75) is 26.7 Å². The SMILES string of the molecule is CC1(C)CCCN=C1C=N. The van der Waals surface area contributed by atoms with Gasteiger partial charge >= 0.3 is 0 Å². The largest absolute Gasteiger partial charge is 0.307 e. The van der Waals surface area contributed by atoms with Crippen LogP contribution in [0.2, 0.25) is 0 Å². The Morgan fingerprint density at radius 3 is 2.70 bits per heavy atom. The van der Waals surface area contributed by atoms with Crippen molar-refractivity contribution in [2.24, 2.45) is 10.4 Å². The normalized spacial score (nSPS) is 23.6. The highest BCUT2D eigenvalue weighted by atomic mass is 14.8. The Morgan fingerprint density at radius 1 is 1.60 bits per heavy atom. The molecule has 0 radical (unpaired) electrons. The van der Waals surface area contributed by atoms with Crippen LogP contribution < -0.4 is 0 Å². The number of aliphatic imine (C=N–C) groups is 1. The molecule has 1 aliphatic heterocycles. The molecule has 1 heterocycles. The quantitative estimate of drug-likeness (QED) is 0.537. The Morgan fingerprint density at radius 2 is 2.30 bits per heavy atom. The summed E-state index contributed by atoms with van der Waals surface area (Å²) in [5.41, 5.74) is 1.11. The zero-order chi connectivity index (χ0) is 7.61. The molecule has 0 aliphatic carbocycles.